The van der Waals surface area contributed by atoms with Crippen LogP contribution in [0.1, 0.15) is 0 Å². The summed E-state index contributed by atoms with van der Waals surface area (Å²) in [5.74, 6) is 0.777. The van der Waals surface area contributed by atoms with Crippen molar-refractivity contribution in [1.29, 1.82) is 0 Å². The van der Waals surface area contributed by atoms with Crippen LogP contribution in [0, 0.1) is 0 Å². The van der Waals surface area contributed by atoms with E-state index in [1.807, 2.05) is 23.9 Å². The largest absolute Gasteiger partial charge is 0.371 e. The average Bonchev–Trinajstić information content (AvgIpc) is 3.15. The van der Waals surface area contributed by atoms with Crippen LogP contribution in [0.5, 0.6) is 0 Å². The van der Waals surface area contributed by atoms with Crippen LogP contribution in [0.25, 0.3) is 16.9 Å². The highest BCUT2D eigenvalue weighted by Crippen LogP contribution is 2.18. The van der Waals surface area contributed by atoms with Gasteiger partial charge in [0.2, 0.25) is 0 Å². The minimum absolute atomic E-state index is 0.725. The van der Waals surface area contributed by atoms with Gasteiger partial charge in [0.15, 0.2) is 5.82 Å². The van der Waals surface area contributed by atoms with Crippen LogP contribution in [0.2, 0.25) is 0 Å². The molecule has 6 nitrogen and oxygen atoms in total. The molecule has 114 valence electrons. The molecule has 0 bridgehead atoms. The van der Waals surface area contributed by atoms with E-state index < -0.39 is 0 Å². The number of rotatable bonds is 3. The molecule has 0 amide bonds. The zero-order chi connectivity index (χ0) is 15.6. The molecular weight excluding hydrogens is 288 g/mol. The second kappa shape index (κ2) is 5.64. The van der Waals surface area contributed by atoms with Crippen LogP contribution in [0.4, 0.5) is 5.82 Å². The van der Waals surface area contributed by atoms with Crippen molar-refractivity contribution >= 4 is 5.82 Å². The number of fused-ring (bicyclic) bond motifs is 1. The number of hydrogen-bond acceptors (Lipinski definition) is 5. The molecule has 0 atom stereocenters. The number of nitrogens with one attached hydrogen (secondary N) is 1. The molecule has 0 saturated heterocycles. The van der Waals surface area contributed by atoms with Gasteiger partial charge in [-0.05, 0) is 18.2 Å². The van der Waals surface area contributed by atoms with E-state index in [9.17, 15) is 0 Å². The second-order valence-corrected chi connectivity index (χ2v) is 5.25. The summed E-state index contributed by atoms with van der Waals surface area (Å²) in [5.41, 5.74) is 3.01. The Kier molecular flexibility index (Phi) is 3.34. The number of pyridine rings is 1. The predicted octanol–water partition coefficient (Wildman–Crippen LogP) is 1.23. The number of benzene rings is 1. The molecule has 3 heterocycles. The molecule has 4 rings (SSSR count). The van der Waals surface area contributed by atoms with Gasteiger partial charge in [-0.3, -0.25) is 9.98 Å². The van der Waals surface area contributed by atoms with Crippen molar-refractivity contribution in [2.24, 2.45) is 9.98 Å². The molecule has 6 heteroatoms. The molecule has 1 aliphatic rings. The highest BCUT2D eigenvalue weighted by molar-refractivity contribution is 5.62. The summed E-state index contributed by atoms with van der Waals surface area (Å²) in [6.07, 6.45) is 5.47. The SMILES string of the molecule is CNc1nc(-c2ccc(-n3ccnc3)cc2)cc2c1=NCCN=2. The molecule has 1 aromatic carbocycles. The van der Waals surface area contributed by atoms with Crippen molar-refractivity contribution in [2.45, 2.75) is 0 Å². The van der Waals surface area contributed by atoms with Gasteiger partial charge in [0.1, 0.15) is 5.36 Å². The molecule has 1 N–H and O–H groups in total. The van der Waals surface area contributed by atoms with Gasteiger partial charge in [0.05, 0.1) is 30.5 Å². The highest BCUT2D eigenvalue weighted by atomic mass is 15.0. The van der Waals surface area contributed by atoms with Gasteiger partial charge >= 0.3 is 0 Å². The van der Waals surface area contributed by atoms with E-state index in [0.29, 0.717) is 0 Å². The normalized spacial score (nSPS) is 12.9. The summed E-state index contributed by atoms with van der Waals surface area (Å²) in [5, 5.41) is 4.89. The maximum absolute atomic E-state index is 4.68. The lowest BCUT2D eigenvalue weighted by atomic mass is 10.1. The van der Waals surface area contributed by atoms with Crippen molar-refractivity contribution in [3.8, 4) is 16.9 Å². The number of aromatic nitrogens is 3. The minimum Gasteiger partial charge on any atom is -0.371 e. The van der Waals surface area contributed by atoms with Crippen LogP contribution in [0.15, 0.2) is 59.0 Å². The first-order valence-electron chi connectivity index (χ1n) is 7.52. The summed E-state index contributed by atoms with van der Waals surface area (Å²) in [7, 11) is 1.86. The van der Waals surface area contributed by atoms with E-state index in [4.69, 9.17) is 0 Å². The standard InChI is InChI=1S/C17H16N6/c1-18-17-16-15(20-6-7-21-16)10-14(22-17)12-2-4-13(5-3-12)23-9-8-19-11-23/h2-5,8-11H,6-7H2,1H3,(H,18,22). The van der Waals surface area contributed by atoms with Crippen molar-refractivity contribution in [2.75, 3.05) is 25.5 Å². The molecule has 0 unspecified atom stereocenters. The quantitative estimate of drug-likeness (QED) is 0.791. The van der Waals surface area contributed by atoms with E-state index in [1.54, 1.807) is 12.5 Å². The first-order chi connectivity index (χ1) is 11.3. The summed E-state index contributed by atoms with van der Waals surface area (Å²) in [6.45, 7) is 1.46. The Balaban J connectivity index is 1.79. The third-order valence-electron chi connectivity index (χ3n) is 3.83. The molecule has 2 aromatic heterocycles. The third kappa shape index (κ3) is 2.48. The Hall–Kier alpha value is -3.02. The summed E-state index contributed by atoms with van der Waals surface area (Å²) in [4.78, 5) is 17.8. The molecule has 1 aliphatic heterocycles. The fraction of sp³-hybridized carbons (Fsp3) is 0.176. The van der Waals surface area contributed by atoms with E-state index in [1.165, 1.54) is 0 Å². The van der Waals surface area contributed by atoms with Crippen molar-refractivity contribution in [3.05, 3.63) is 59.8 Å². The second-order valence-electron chi connectivity index (χ2n) is 5.25. The molecule has 23 heavy (non-hydrogen) atoms. The van der Waals surface area contributed by atoms with Gasteiger partial charge in [-0.15, -0.1) is 0 Å². The predicted molar refractivity (Wildman–Crippen MR) is 88.4 cm³/mol. The molecule has 3 aromatic rings. The Bertz CT molecular complexity index is 942. The lowest BCUT2D eigenvalue weighted by molar-refractivity contribution is 0.859. The summed E-state index contributed by atoms with van der Waals surface area (Å²) in [6, 6.07) is 10.2. The number of imidazole rings is 1. The van der Waals surface area contributed by atoms with Gasteiger partial charge in [0, 0.05) is 30.7 Å². The van der Waals surface area contributed by atoms with Gasteiger partial charge in [-0.2, -0.15) is 0 Å². The fourth-order valence-corrected chi connectivity index (χ4v) is 2.67. The smallest absolute Gasteiger partial charge is 0.154 e. The third-order valence-corrected chi connectivity index (χ3v) is 3.83. The zero-order valence-electron chi connectivity index (χ0n) is 12.8. The summed E-state index contributed by atoms with van der Waals surface area (Å²) >= 11 is 0. The van der Waals surface area contributed by atoms with Gasteiger partial charge in [-0.1, -0.05) is 12.1 Å². The Morgan fingerprint density at radius 3 is 2.65 bits per heavy atom. The average molecular weight is 304 g/mol. The Morgan fingerprint density at radius 1 is 1.09 bits per heavy atom. The van der Waals surface area contributed by atoms with Crippen molar-refractivity contribution < 1.29 is 0 Å². The highest BCUT2D eigenvalue weighted by Gasteiger charge is 2.08. The fourth-order valence-electron chi connectivity index (χ4n) is 2.67. The number of anilines is 1. The molecule has 0 aliphatic carbocycles. The van der Waals surface area contributed by atoms with Crippen molar-refractivity contribution in [1.82, 2.24) is 14.5 Å². The number of hydrogen-bond donors (Lipinski definition) is 1. The molecule has 0 radical (unpaired) electrons. The van der Waals surface area contributed by atoms with Gasteiger partial charge in [0.25, 0.3) is 0 Å². The Morgan fingerprint density at radius 2 is 1.91 bits per heavy atom. The minimum atomic E-state index is 0.725. The Labute approximate surface area is 133 Å². The zero-order valence-corrected chi connectivity index (χ0v) is 12.8. The van der Waals surface area contributed by atoms with Crippen LogP contribution in [0.3, 0.4) is 0 Å². The maximum Gasteiger partial charge on any atom is 0.154 e. The van der Waals surface area contributed by atoms with E-state index in [2.05, 4.69) is 49.5 Å². The molecule has 0 spiro atoms. The number of nitrogens with zero attached hydrogens (tertiary/aromatic N) is 5. The van der Waals surface area contributed by atoms with Crippen LogP contribution in [-0.2, 0) is 0 Å². The molecule has 0 fully saturated rings. The lowest BCUT2D eigenvalue weighted by Crippen LogP contribution is -2.33. The molecular formula is C17H16N6. The van der Waals surface area contributed by atoms with E-state index >= 15 is 0 Å². The van der Waals surface area contributed by atoms with Crippen LogP contribution in [-0.4, -0.2) is 34.7 Å². The first-order valence-corrected chi connectivity index (χ1v) is 7.52. The van der Waals surface area contributed by atoms with Gasteiger partial charge < -0.3 is 9.88 Å². The van der Waals surface area contributed by atoms with E-state index in [0.717, 1.165) is 46.6 Å². The molecule has 0 saturated carbocycles. The topological polar surface area (TPSA) is 67.5 Å². The first kappa shape index (κ1) is 13.6. The van der Waals surface area contributed by atoms with Crippen LogP contribution >= 0.6 is 0 Å². The van der Waals surface area contributed by atoms with Crippen molar-refractivity contribution in [3.63, 3.8) is 0 Å². The van der Waals surface area contributed by atoms with Gasteiger partial charge in [-0.25, -0.2) is 9.97 Å². The maximum atomic E-state index is 4.68. The monoisotopic (exact) mass is 304 g/mol. The van der Waals surface area contributed by atoms with Crippen LogP contribution < -0.4 is 16.0 Å². The van der Waals surface area contributed by atoms with E-state index in [-0.39, 0.29) is 0 Å². The summed E-state index contributed by atoms with van der Waals surface area (Å²) < 4.78 is 1.97. The lowest BCUT2D eigenvalue weighted by Gasteiger charge is -2.09.